The fourth-order valence-electron chi connectivity index (χ4n) is 4.94. The summed E-state index contributed by atoms with van der Waals surface area (Å²) in [5, 5.41) is 2.84. The molecular weight excluding hydrogens is 485 g/mol. The van der Waals surface area contributed by atoms with Gasteiger partial charge in [0, 0.05) is 5.56 Å². The lowest BCUT2D eigenvalue weighted by Gasteiger charge is -2.28. The van der Waals surface area contributed by atoms with Crippen molar-refractivity contribution in [3.05, 3.63) is 57.6 Å². The van der Waals surface area contributed by atoms with Crippen molar-refractivity contribution in [1.29, 1.82) is 0 Å². The standard InChI is InChI=1S/C26H34FNO2.C6H14.C3H8/c1-6-10-16(3)25(30-17(4)11-7-2)20-13-8-12-19(18(20)5)23-24-21(27)14-9-15-22(24)28-26(23)29;1-4-6(3)5-2;1-3-2/h9,14-15,17H,6-8,10-13H2,1-5H3,(H,28,29);6H,4-5H2,1-3H3;3H2,1-2H3/b23-19-,25-16+;;. The van der Waals surface area contributed by atoms with Crippen LogP contribution in [0, 0.1) is 11.7 Å². The van der Waals surface area contributed by atoms with Gasteiger partial charge < -0.3 is 10.1 Å². The third-order valence-corrected chi connectivity index (χ3v) is 7.49. The van der Waals surface area contributed by atoms with E-state index >= 15 is 0 Å². The number of anilines is 1. The van der Waals surface area contributed by atoms with Crippen LogP contribution in [0.3, 0.4) is 0 Å². The van der Waals surface area contributed by atoms with Crippen molar-refractivity contribution in [2.75, 3.05) is 5.32 Å². The van der Waals surface area contributed by atoms with E-state index in [2.05, 4.69) is 74.6 Å². The Balaban J connectivity index is 0.000000734. The van der Waals surface area contributed by atoms with Crippen molar-refractivity contribution >= 4 is 17.2 Å². The first-order valence-corrected chi connectivity index (χ1v) is 15.5. The van der Waals surface area contributed by atoms with Gasteiger partial charge in [-0.05, 0) is 93.2 Å². The Hall–Kier alpha value is -2.36. The lowest BCUT2D eigenvalue weighted by molar-refractivity contribution is -0.110. The first-order chi connectivity index (χ1) is 18.6. The number of allylic oxidation sites excluding steroid dienone is 4. The summed E-state index contributed by atoms with van der Waals surface area (Å²) >= 11 is 0. The van der Waals surface area contributed by atoms with E-state index in [0.717, 1.165) is 67.8 Å². The molecule has 1 amide bonds. The summed E-state index contributed by atoms with van der Waals surface area (Å²) in [7, 11) is 0. The molecule has 39 heavy (non-hydrogen) atoms. The molecule has 0 spiro atoms. The van der Waals surface area contributed by atoms with Crippen molar-refractivity contribution in [2.45, 2.75) is 140 Å². The van der Waals surface area contributed by atoms with Gasteiger partial charge in [0.05, 0.1) is 17.4 Å². The van der Waals surface area contributed by atoms with Crippen molar-refractivity contribution < 1.29 is 13.9 Å². The van der Waals surface area contributed by atoms with E-state index in [4.69, 9.17) is 4.74 Å². The molecule has 1 heterocycles. The Labute approximate surface area is 239 Å². The van der Waals surface area contributed by atoms with Gasteiger partial charge in [-0.2, -0.15) is 0 Å². The zero-order chi connectivity index (χ0) is 29.5. The summed E-state index contributed by atoms with van der Waals surface area (Å²) < 4.78 is 21.1. The van der Waals surface area contributed by atoms with Gasteiger partial charge in [-0.25, -0.2) is 4.39 Å². The van der Waals surface area contributed by atoms with Crippen molar-refractivity contribution in [3.8, 4) is 0 Å². The predicted octanol–water partition coefficient (Wildman–Crippen LogP) is 11.2. The highest BCUT2D eigenvalue weighted by atomic mass is 19.1. The topological polar surface area (TPSA) is 38.3 Å². The van der Waals surface area contributed by atoms with Crippen molar-refractivity contribution in [2.24, 2.45) is 5.92 Å². The number of rotatable bonds is 9. The highest BCUT2D eigenvalue weighted by Crippen LogP contribution is 2.44. The van der Waals surface area contributed by atoms with E-state index in [1.807, 2.05) is 0 Å². The van der Waals surface area contributed by atoms with Crippen LogP contribution in [0.25, 0.3) is 5.57 Å². The number of ether oxygens (including phenoxy) is 1. The Morgan fingerprint density at radius 1 is 1.03 bits per heavy atom. The monoisotopic (exact) mass is 541 g/mol. The van der Waals surface area contributed by atoms with Gasteiger partial charge in [-0.1, -0.05) is 86.6 Å². The summed E-state index contributed by atoms with van der Waals surface area (Å²) in [4.78, 5) is 12.8. The molecule has 1 N–H and O–H groups in total. The molecule has 1 atom stereocenters. The summed E-state index contributed by atoms with van der Waals surface area (Å²) in [6.07, 6.45) is 10.8. The van der Waals surface area contributed by atoms with Gasteiger partial charge in [0.1, 0.15) is 11.6 Å². The van der Waals surface area contributed by atoms with E-state index in [1.165, 1.54) is 36.5 Å². The van der Waals surface area contributed by atoms with Crippen LogP contribution in [0.4, 0.5) is 10.1 Å². The number of hydrogen-bond acceptors (Lipinski definition) is 2. The van der Waals surface area contributed by atoms with Gasteiger partial charge in [0.15, 0.2) is 0 Å². The molecule has 0 fully saturated rings. The summed E-state index contributed by atoms with van der Waals surface area (Å²) in [5.41, 5.74) is 5.91. The Morgan fingerprint density at radius 2 is 1.67 bits per heavy atom. The summed E-state index contributed by atoms with van der Waals surface area (Å²) in [5.74, 6) is 1.37. The molecule has 1 aromatic carbocycles. The molecule has 4 heteroatoms. The van der Waals surface area contributed by atoms with Crippen LogP contribution < -0.4 is 5.32 Å². The first-order valence-electron chi connectivity index (χ1n) is 15.5. The molecule has 1 aliphatic carbocycles. The zero-order valence-corrected chi connectivity index (χ0v) is 26.7. The molecule has 0 bridgehead atoms. The smallest absolute Gasteiger partial charge is 0.256 e. The maximum Gasteiger partial charge on any atom is 0.256 e. The molecule has 3 rings (SSSR count). The maximum atomic E-state index is 14.7. The molecular formula is C35H56FNO2. The largest absolute Gasteiger partial charge is 0.490 e. The van der Waals surface area contributed by atoms with Gasteiger partial charge in [-0.15, -0.1) is 0 Å². The number of amides is 1. The number of carbonyl (C=O) groups is 1. The van der Waals surface area contributed by atoms with E-state index in [0.29, 0.717) is 16.8 Å². The third-order valence-electron chi connectivity index (χ3n) is 7.49. The lowest BCUT2D eigenvalue weighted by atomic mass is 9.82. The van der Waals surface area contributed by atoms with Gasteiger partial charge in [-0.3, -0.25) is 4.79 Å². The SMILES string of the molecule is CCC.CCC(C)CC.CCC/C(C)=C(/OC(C)CCC)C1=C(C)/C(=C2\C(=O)Nc3cccc(F)c32)CCC1. The lowest BCUT2D eigenvalue weighted by Crippen LogP contribution is -2.15. The second-order valence-electron chi connectivity index (χ2n) is 11.1. The minimum absolute atomic E-state index is 0.142. The van der Waals surface area contributed by atoms with Gasteiger partial charge >= 0.3 is 0 Å². The van der Waals surface area contributed by atoms with E-state index in [9.17, 15) is 9.18 Å². The number of benzene rings is 1. The van der Waals surface area contributed by atoms with Crippen LogP contribution in [-0.4, -0.2) is 12.0 Å². The molecule has 0 saturated carbocycles. The highest BCUT2D eigenvalue weighted by Gasteiger charge is 2.33. The number of halogens is 1. The summed E-state index contributed by atoms with van der Waals surface area (Å²) in [6.45, 7) is 21.7. The number of carbonyl (C=O) groups excluding carboxylic acids is 1. The molecule has 1 unspecified atom stereocenters. The molecule has 1 aliphatic heterocycles. The fraction of sp³-hybridized carbons (Fsp3) is 0.629. The average molecular weight is 542 g/mol. The van der Waals surface area contributed by atoms with Crippen LogP contribution in [0.2, 0.25) is 0 Å². The van der Waals surface area contributed by atoms with Crippen LogP contribution in [0.5, 0.6) is 0 Å². The molecule has 0 saturated heterocycles. The number of hydrogen-bond donors (Lipinski definition) is 1. The molecule has 1 aromatic rings. The second-order valence-corrected chi connectivity index (χ2v) is 11.1. The minimum Gasteiger partial charge on any atom is -0.490 e. The zero-order valence-electron chi connectivity index (χ0n) is 26.7. The highest BCUT2D eigenvalue weighted by molar-refractivity contribution is 6.32. The normalized spacial score (nSPS) is 17.9. The fourth-order valence-corrected chi connectivity index (χ4v) is 4.94. The minimum atomic E-state index is -0.348. The van der Waals surface area contributed by atoms with E-state index < -0.39 is 0 Å². The molecule has 0 aromatic heterocycles. The third kappa shape index (κ3) is 9.96. The number of nitrogens with one attached hydrogen (secondary N) is 1. The molecule has 0 radical (unpaired) electrons. The Kier molecular flexibility index (Phi) is 16.1. The molecule has 2 aliphatic rings. The maximum absolute atomic E-state index is 14.7. The Morgan fingerprint density at radius 3 is 2.21 bits per heavy atom. The van der Waals surface area contributed by atoms with Gasteiger partial charge in [0.2, 0.25) is 0 Å². The van der Waals surface area contributed by atoms with Crippen LogP contribution >= 0.6 is 0 Å². The van der Waals surface area contributed by atoms with E-state index in [-0.39, 0.29) is 17.8 Å². The van der Waals surface area contributed by atoms with Crippen molar-refractivity contribution in [1.82, 2.24) is 0 Å². The average Bonchev–Trinajstić information content (AvgIpc) is 3.25. The second kappa shape index (κ2) is 18.1. The Bertz CT molecular complexity index is 1010. The molecule has 3 nitrogen and oxygen atoms in total. The first kappa shape index (κ1) is 34.7. The van der Waals surface area contributed by atoms with Crippen LogP contribution in [0.1, 0.15) is 139 Å². The molecule has 220 valence electrons. The quantitative estimate of drug-likeness (QED) is 0.249. The van der Waals surface area contributed by atoms with Crippen LogP contribution in [0.15, 0.2) is 46.3 Å². The van der Waals surface area contributed by atoms with Crippen molar-refractivity contribution in [3.63, 3.8) is 0 Å². The van der Waals surface area contributed by atoms with E-state index in [1.54, 1.807) is 12.1 Å². The predicted molar refractivity (Wildman–Crippen MR) is 167 cm³/mol. The van der Waals surface area contributed by atoms with Gasteiger partial charge in [0.25, 0.3) is 5.91 Å². The number of fused-ring (bicyclic) bond motifs is 1. The van der Waals surface area contributed by atoms with Crippen LogP contribution in [-0.2, 0) is 9.53 Å². The summed E-state index contributed by atoms with van der Waals surface area (Å²) in [6, 6.07) is 4.82.